The SMILES string of the molecule is NCc1c(Cl)cccc1Oc1ccc(F)c(F)c1. The fourth-order valence-electron chi connectivity index (χ4n) is 1.50. The first-order chi connectivity index (χ1) is 8.61. The molecule has 2 rings (SSSR count). The Morgan fingerprint density at radius 3 is 2.56 bits per heavy atom. The average molecular weight is 270 g/mol. The number of hydrogen-bond donors (Lipinski definition) is 1. The number of hydrogen-bond acceptors (Lipinski definition) is 2. The summed E-state index contributed by atoms with van der Waals surface area (Å²) < 4.78 is 31.3. The molecule has 2 aromatic rings. The van der Waals surface area contributed by atoms with Crippen LogP contribution in [0.2, 0.25) is 5.02 Å². The van der Waals surface area contributed by atoms with Crippen molar-refractivity contribution >= 4 is 11.6 Å². The molecule has 2 N–H and O–H groups in total. The van der Waals surface area contributed by atoms with Crippen molar-refractivity contribution in [3.63, 3.8) is 0 Å². The Balaban J connectivity index is 2.34. The van der Waals surface area contributed by atoms with Crippen LogP contribution in [0, 0.1) is 11.6 Å². The highest BCUT2D eigenvalue weighted by molar-refractivity contribution is 6.31. The number of nitrogens with two attached hydrogens (primary N) is 1. The van der Waals surface area contributed by atoms with E-state index in [-0.39, 0.29) is 12.3 Å². The van der Waals surface area contributed by atoms with E-state index in [1.807, 2.05) is 0 Å². The second-order valence-corrected chi connectivity index (χ2v) is 4.01. The van der Waals surface area contributed by atoms with Crippen molar-refractivity contribution in [1.82, 2.24) is 0 Å². The molecular formula is C13H10ClF2NO. The van der Waals surface area contributed by atoms with E-state index in [1.165, 1.54) is 6.07 Å². The van der Waals surface area contributed by atoms with E-state index in [4.69, 9.17) is 22.1 Å². The highest BCUT2D eigenvalue weighted by Crippen LogP contribution is 2.30. The molecule has 94 valence electrons. The normalized spacial score (nSPS) is 10.4. The van der Waals surface area contributed by atoms with Gasteiger partial charge < -0.3 is 10.5 Å². The molecule has 18 heavy (non-hydrogen) atoms. The number of rotatable bonds is 3. The summed E-state index contributed by atoms with van der Waals surface area (Å²) in [4.78, 5) is 0. The maximum atomic E-state index is 13.0. The molecule has 0 saturated heterocycles. The lowest BCUT2D eigenvalue weighted by atomic mass is 10.2. The minimum Gasteiger partial charge on any atom is -0.457 e. The summed E-state index contributed by atoms with van der Waals surface area (Å²) in [7, 11) is 0. The summed E-state index contributed by atoms with van der Waals surface area (Å²) >= 11 is 5.96. The van der Waals surface area contributed by atoms with Crippen LogP contribution in [0.1, 0.15) is 5.56 Å². The molecule has 0 atom stereocenters. The molecule has 2 nitrogen and oxygen atoms in total. The Bertz CT molecular complexity index is 575. The van der Waals surface area contributed by atoms with Crippen LogP contribution in [0.15, 0.2) is 36.4 Å². The second kappa shape index (κ2) is 5.33. The van der Waals surface area contributed by atoms with Gasteiger partial charge in [0.1, 0.15) is 11.5 Å². The topological polar surface area (TPSA) is 35.2 Å². The Labute approximate surface area is 108 Å². The monoisotopic (exact) mass is 269 g/mol. The van der Waals surface area contributed by atoms with Crippen LogP contribution >= 0.6 is 11.6 Å². The van der Waals surface area contributed by atoms with Crippen molar-refractivity contribution in [2.75, 3.05) is 0 Å². The van der Waals surface area contributed by atoms with Gasteiger partial charge in [-0.05, 0) is 24.3 Å². The van der Waals surface area contributed by atoms with Crippen LogP contribution < -0.4 is 10.5 Å². The van der Waals surface area contributed by atoms with Crippen molar-refractivity contribution in [3.8, 4) is 11.5 Å². The summed E-state index contributed by atoms with van der Waals surface area (Å²) in [5, 5.41) is 0.470. The fourth-order valence-corrected chi connectivity index (χ4v) is 1.74. The quantitative estimate of drug-likeness (QED) is 0.918. The van der Waals surface area contributed by atoms with Gasteiger partial charge in [-0.1, -0.05) is 17.7 Å². The van der Waals surface area contributed by atoms with Gasteiger partial charge in [-0.3, -0.25) is 0 Å². The minimum absolute atomic E-state index is 0.186. The van der Waals surface area contributed by atoms with Gasteiger partial charge in [0.2, 0.25) is 0 Å². The van der Waals surface area contributed by atoms with Gasteiger partial charge in [-0.25, -0.2) is 8.78 Å². The average Bonchev–Trinajstić information content (AvgIpc) is 2.34. The van der Waals surface area contributed by atoms with Gasteiger partial charge in [0.15, 0.2) is 11.6 Å². The van der Waals surface area contributed by atoms with Crippen molar-refractivity contribution < 1.29 is 13.5 Å². The Hall–Kier alpha value is -1.65. The van der Waals surface area contributed by atoms with E-state index >= 15 is 0 Å². The smallest absolute Gasteiger partial charge is 0.162 e. The molecule has 0 aromatic heterocycles. The third-order valence-electron chi connectivity index (χ3n) is 2.40. The third-order valence-corrected chi connectivity index (χ3v) is 2.75. The van der Waals surface area contributed by atoms with E-state index in [1.54, 1.807) is 18.2 Å². The molecule has 0 spiro atoms. The Morgan fingerprint density at radius 1 is 1.11 bits per heavy atom. The Morgan fingerprint density at radius 2 is 1.89 bits per heavy atom. The van der Waals surface area contributed by atoms with Crippen LogP contribution in [0.3, 0.4) is 0 Å². The zero-order valence-corrected chi connectivity index (χ0v) is 10.0. The predicted molar refractivity (Wildman–Crippen MR) is 65.8 cm³/mol. The first kappa shape index (κ1) is 12.8. The van der Waals surface area contributed by atoms with Gasteiger partial charge in [0, 0.05) is 23.2 Å². The van der Waals surface area contributed by atoms with E-state index < -0.39 is 11.6 Å². The van der Waals surface area contributed by atoms with E-state index in [2.05, 4.69) is 0 Å². The molecule has 0 aliphatic heterocycles. The molecule has 0 unspecified atom stereocenters. The van der Waals surface area contributed by atoms with Crippen LogP contribution in [-0.2, 0) is 6.54 Å². The van der Waals surface area contributed by atoms with Gasteiger partial charge in [0.25, 0.3) is 0 Å². The molecule has 0 radical (unpaired) electrons. The van der Waals surface area contributed by atoms with E-state index in [0.29, 0.717) is 16.3 Å². The lowest BCUT2D eigenvalue weighted by Gasteiger charge is -2.11. The molecule has 0 amide bonds. The zero-order chi connectivity index (χ0) is 13.1. The minimum atomic E-state index is -0.969. The summed E-state index contributed by atoms with van der Waals surface area (Å²) in [5.41, 5.74) is 6.18. The molecule has 0 bridgehead atoms. The van der Waals surface area contributed by atoms with Crippen LogP contribution in [0.25, 0.3) is 0 Å². The van der Waals surface area contributed by atoms with Crippen molar-refractivity contribution in [3.05, 3.63) is 58.6 Å². The van der Waals surface area contributed by atoms with Crippen molar-refractivity contribution in [2.24, 2.45) is 5.73 Å². The van der Waals surface area contributed by atoms with Crippen molar-refractivity contribution in [1.29, 1.82) is 0 Å². The molecule has 0 aliphatic carbocycles. The maximum Gasteiger partial charge on any atom is 0.162 e. The van der Waals surface area contributed by atoms with Crippen molar-refractivity contribution in [2.45, 2.75) is 6.54 Å². The van der Waals surface area contributed by atoms with Crippen LogP contribution in [0.4, 0.5) is 8.78 Å². The Kier molecular flexibility index (Phi) is 3.79. The molecule has 2 aromatic carbocycles. The maximum absolute atomic E-state index is 13.0. The largest absolute Gasteiger partial charge is 0.457 e. The lowest BCUT2D eigenvalue weighted by Crippen LogP contribution is -2.00. The standard InChI is InChI=1S/C13H10ClF2NO/c14-10-2-1-3-13(9(10)7-17)18-8-4-5-11(15)12(16)6-8/h1-6H,7,17H2. The summed E-state index contributed by atoms with van der Waals surface area (Å²) in [5.74, 6) is -1.28. The summed E-state index contributed by atoms with van der Waals surface area (Å²) in [6.07, 6.45) is 0. The van der Waals surface area contributed by atoms with Gasteiger partial charge >= 0.3 is 0 Å². The molecule has 0 heterocycles. The number of halogens is 3. The van der Waals surface area contributed by atoms with Crippen LogP contribution in [0.5, 0.6) is 11.5 Å². The first-order valence-corrected chi connectivity index (χ1v) is 5.60. The highest BCUT2D eigenvalue weighted by atomic mass is 35.5. The van der Waals surface area contributed by atoms with Gasteiger partial charge in [-0.2, -0.15) is 0 Å². The molecule has 0 fully saturated rings. The fraction of sp³-hybridized carbons (Fsp3) is 0.0769. The molecular weight excluding hydrogens is 260 g/mol. The highest BCUT2D eigenvalue weighted by Gasteiger charge is 2.09. The number of ether oxygens (including phenoxy) is 1. The molecule has 0 saturated carbocycles. The van der Waals surface area contributed by atoms with Gasteiger partial charge in [-0.15, -0.1) is 0 Å². The second-order valence-electron chi connectivity index (χ2n) is 3.60. The van der Waals surface area contributed by atoms with Gasteiger partial charge in [0.05, 0.1) is 0 Å². The zero-order valence-electron chi connectivity index (χ0n) is 9.29. The molecule has 5 heteroatoms. The van der Waals surface area contributed by atoms with E-state index in [9.17, 15) is 8.78 Å². The van der Waals surface area contributed by atoms with E-state index in [0.717, 1.165) is 12.1 Å². The lowest BCUT2D eigenvalue weighted by molar-refractivity contribution is 0.457. The van der Waals surface area contributed by atoms with Crippen LogP contribution in [-0.4, -0.2) is 0 Å². The molecule has 0 aliphatic rings. The summed E-state index contributed by atoms with van der Waals surface area (Å²) in [6.45, 7) is 0.193. The predicted octanol–water partition coefficient (Wildman–Crippen LogP) is 3.87. The summed E-state index contributed by atoms with van der Waals surface area (Å²) in [6, 6.07) is 8.33. The third kappa shape index (κ3) is 2.60. The number of benzene rings is 2. The first-order valence-electron chi connectivity index (χ1n) is 5.22.